The maximum atomic E-state index is 6.18. The lowest BCUT2D eigenvalue weighted by molar-refractivity contribution is 0.670. The number of fused-ring (bicyclic) bond motifs is 4. The van der Waals surface area contributed by atoms with E-state index < -0.39 is 0 Å². The molecular weight excluding hydrogens is 284 g/mol. The van der Waals surface area contributed by atoms with Crippen molar-refractivity contribution in [3.8, 4) is 11.3 Å². The third-order valence-corrected chi connectivity index (χ3v) is 4.20. The highest BCUT2D eigenvalue weighted by Gasteiger charge is 2.13. The second kappa shape index (κ2) is 4.65. The van der Waals surface area contributed by atoms with E-state index in [1.807, 2.05) is 42.7 Å². The summed E-state index contributed by atoms with van der Waals surface area (Å²) in [6.07, 6.45) is 5.48. The van der Waals surface area contributed by atoms with Crippen molar-refractivity contribution >= 4 is 32.7 Å². The first-order valence-electron chi connectivity index (χ1n) is 7.50. The molecule has 0 N–H and O–H groups in total. The van der Waals surface area contributed by atoms with Gasteiger partial charge in [-0.05, 0) is 41.8 Å². The zero-order chi connectivity index (χ0) is 15.2. The average molecular weight is 296 g/mol. The molecule has 0 saturated heterocycles. The number of rotatable bonds is 1. The third kappa shape index (κ3) is 1.83. The van der Waals surface area contributed by atoms with Crippen molar-refractivity contribution in [2.45, 2.75) is 0 Å². The molecule has 2 aromatic carbocycles. The smallest absolute Gasteiger partial charge is 0.144 e. The molecule has 0 bridgehead atoms. The first-order valence-corrected chi connectivity index (χ1v) is 7.50. The topological polar surface area (TPSA) is 38.9 Å². The van der Waals surface area contributed by atoms with Gasteiger partial charge in [0, 0.05) is 40.3 Å². The highest BCUT2D eigenvalue weighted by atomic mass is 16.3. The Morgan fingerprint density at radius 1 is 0.783 bits per heavy atom. The van der Waals surface area contributed by atoms with Gasteiger partial charge in [0.15, 0.2) is 0 Å². The predicted octanol–water partition coefficient (Wildman–Crippen LogP) is 5.20. The Balaban J connectivity index is 1.91. The Kier molecular flexibility index (Phi) is 2.50. The van der Waals surface area contributed by atoms with Gasteiger partial charge < -0.3 is 4.42 Å². The van der Waals surface area contributed by atoms with E-state index in [-0.39, 0.29) is 0 Å². The first-order chi connectivity index (χ1) is 11.4. The van der Waals surface area contributed by atoms with E-state index in [4.69, 9.17) is 4.42 Å². The monoisotopic (exact) mass is 296 g/mol. The van der Waals surface area contributed by atoms with Crippen LogP contribution in [0.2, 0.25) is 0 Å². The lowest BCUT2D eigenvalue weighted by Gasteiger charge is -2.00. The van der Waals surface area contributed by atoms with E-state index in [0.29, 0.717) is 0 Å². The fraction of sp³-hybridized carbons (Fsp3) is 0. The molecular formula is C20H12N2O. The standard InChI is InChI=1S/C20H12N2O/c1-2-8-22-18(6-1)16-5-3-4-15-17-10-13-7-9-21-12-14(13)11-19(17)23-20(15)16/h1-12H. The maximum Gasteiger partial charge on any atom is 0.144 e. The second-order valence-electron chi connectivity index (χ2n) is 5.57. The molecule has 0 fully saturated rings. The lowest BCUT2D eigenvalue weighted by Crippen LogP contribution is -1.81. The molecule has 0 unspecified atom stereocenters. The molecule has 3 heteroatoms. The number of pyridine rings is 2. The molecule has 5 aromatic rings. The molecule has 23 heavy (non-hydrogen) atoms. The van der Waals surface area contributed by atoms with Gasteiger partial charge in [0.05, 0.1) is 5.69 Å². The Morgan fingerprint density at radius 2 is 1.78 bits per heavy atom. The summed E-state index contributed by atoms with van der Waals surface area (Å²) < 4.78 is 6.18. The molecule has 0 saturated carbocycles. The van der Waals surface area contributed by atoms with Crippen LogP contribution in [0.4, 0.5) is 0 Å². The van der Waals surface area contributed by atoms with Crippen LogP contribution in [0.1, 0.15) is 0 Å². The molecule has 3 heterocycles. The zero-order valence-corrected chi connectivity index (χ0v) is 12.2. The number of nitrogens with zero attached hydrogens (tertiary/aromatic N) is 2. The van der Waals surface area contributed by atoms with Gasteiger partial charge in [0.25, 0.3) is 0 Å². The molecule has 0 amide bonds. The van der Waals surface area contributed by atoms with Crippen LogP contribution in [-0.2, 0) is 0 Å². The van der Waals surface area contributed by atoms with Crippen LogP contribution in [-0.4, -0.2) is 9.97 Å². The fourth-order valence-corrected chi connectivity index (χ4v) is 3.10. The number of hydrogen-bond donors (Lipinski definition) is 0. The summed E-state index contributed by atoms with van der Waals surface area (Å²) in [6, 6.07) is 18.4. The zero-order valence-electron chi connectivity index (χ0n) is 12.2. The Bertz CT molecular complexity index is 1160. The second-order valence-corrected chi connectivity index (χ2v) is 5.57. The van der Waals surface area contributed by atoms with Crippen LogP contribution in [0.25, 0.3) is 44.0 Å². The summed E-state index contributed by atoms with van der Waals surface area (Å²) in [5, 5.41) is 4.48. The van der Waals surface area contributed by atoms with Crippen LogP contribution < -0.4 is 0 Å². The summed E-state index contributed by atoms with van der Waals surface area (Å²) in [5.41, 5.74) is 3.69. The molecule has 0 atom stereocenters. The molecule has 0 aliphatic rings. The van der Waals surface area contributed by atoms with Crippen LogP contribution in [0.15, 0.2) is 77.6 Å². The molecule has 3 aromatic heterocycles. The Labute approximate surface area is 132 Å². The van der Waals surface area contributed by atoms with E-state index >= 15 is 0 Å². The van der Waals surface area contributed by atoms with Gasteiger partial charge in [0.1, 0.15) is 11.2 Å². The van der Waals surface area contributed by atoms with Crippen molar-refractivity contribution < 1.29 is 4.42 Å². The molecule has 0 spiro atoms. The van der Waals surface area contributed by atoms with Crippen molar-refractivity contribution in [1.29, 1.82) is 0 Å². The Hall–Kier alpha value is -3.20. The predicted molar refractivity (Wildman–Crippen MR) is 92.3 cm³/mol. The van der Waals surface area contributed by atoms with E-state index in [1.165, 1.54) is 5.39 Å². The van der Waals surface area contributed by atoms with Gasteiger partial charge in [-0.1, -0.05) is 18.2 Å². The third-order valence-electron chi connectivity index (χ3n) is 4.20. The minimum Gasteiger partial charge on any atom is -0.455 e. The number of furan rings is 1. The average Bonchev–Trinajstić information content (AvgIpc) is 2.98. The van der Waals surface area contributed by atoms with E-state index in [0.717, 1.165) is 38.6 Å². The lowest BCUT2D eigenvalue weighted by atomic mass is 10.0. The van der Waals surface area contributed by atoms with Gasteiger partial charge in [-0.15, -0.1) is 0 Å². The molecule has 0 aliphatic heterocycles. The SMILES string of the molecule is c1ccc(-c2cccc3c2oc2cc4cnccc4cc23)nc1. The van der Waals surface area contributed by atoms with Crippen molar-refractivity contribution in [3.05, 3.63) is 73.2 Å². The van der Waals surface area contributed by atoms with Crippen LogP contribution >= 0.6 is 0 Å². The normalized spacial score (nSPS) is 11.5. The van der Waals surface area contributed by atoms with Gasteiger partial charge in [0.2, 0.25) is 0 Å². The molecule has 108 valence electrons. The summed E-state index contributed by atoms with van der Waals surface area (Å²) in [5.74, 6) is 0. The first kappa shape index (κ1) is 12.4. The van der Waals surface area contributed by atoms with Crippen molar-refractivity contribution in [1.82, 2.24) is 9.97 Å². The number of benzene rings is 2. The maximum absolute atomic E-state index is 6.18. The number of para-hydroxylation sites is 1. The van der Waals surface area contributed by atoms with Gasteiger partial charge >= 0.3 is 0 Å². The van der Waals surface area contributed by atoms with Crippen LogP contribution in [0.3, 0.4) is 0 Å². The number of aromatic nitrogens is 2. The van der Waals surface area contributed by atoms with Gasteiger partial charge in [-0.2, -0.15) is 0 Å². The fourth-order valence-electron chi connectivity index (χ4n) is 3.10. The molecule has 3 nitrogen and oxygen atoms in total. The van der Waals surface area contributed by atoms with E-state index in [9.17, 15) is 0 Å². The molecule has 5 rings (SSSR count). The summed E-state index contributed by atoms with van der Waals surface area (Å²) in [7, 11) is 0. The van der Waals surface area contributed by atoms with Crippen molar-refractivity contribution in [3.63, 3.8) is 0 Å². The van der Waals surface area contributed by atoms with E-state index in [2.05, 4.69) is 34.2 Å². The molecule has 0 aliphatic carbocycles. The van der Waals surface area contributed by atoms with Gasteiger partial charge in [-0.25, -0.2) is 0 Å². The number of hydrogen-bond acceptors (Lipinski definition) is 3. The molecule has 0 radical (unpaired) electrons. The minimum atomic E-state index is 0.879. The summed E-state index contributed by atoms with van der Waals surface area (Å²) in [4.78, 5) is 8.64. The minimum absolute atomic E-state index is 0.879. The van der Waals surface area contributed by atoms with Crippen LogP contribution in [0.5, 0.6) is 0 Å². The highest BCUT2D eigenvalue weighted by molar-refractivity contribution is 6.12. The van der Waals surface area contributed by atoms with Crippen molar-refractivity contribution in [2.24, 2.45) is 0 Å². The summed E-state index contributed by atoms with van der Waals surface area (Å²) >= 11 is 0. The van der Waals surface area contributed by atoms with E-state index in [1.54, 1.807) is 6.20 Å². The van der Waals surface area contributed by atoms with Crippen molar-refractivity contribution in [2.75, 3.05) is 0 Å². The Morgan fingerprint density at radius 3 is 2.70 bits per heavy atom. The quantitative estimate of drug-likeness (QED) is 0.427. The summed E-state index contributed by atoms with van der Waals surface area (Å²) in [6.45, 7) is 0. The largest absolute Gasteiger partial charge is 0.455 e. The van der Waals surface area contributed by atoms with Gasteiger partial charge in [-0.3, -0.25) is 9.97 Å². The highest BCUT2D eigenvalue weighted by Crippen LogP contribution is 2.36. The van der Waals surface area contributed by atoms with Crippen LogP contribution in [0, 0.1) is 0 Å².